The molecule has 2 atom stereocenters. The number of carbonyl (C=O) groups excluding carboxylic acids is 1. The third-order valence-corrected chi connectivity index (χ3v) is 8.74. The summed E-state index contributed by atoms with van der Waals surface area (Å²) < 4.78 is 32.2. The molecular weight excluding hydrogens is 534 g/mol. The highest BCUT2D eigenvalue weighted by Gasteiger charge is 2.24. The lowest BCUT2D eigenvalue weighted by molar-refractivity contribution is -0.122. The topological polar surface area (TPSA) is 104 Å². The van der Waals surface area contributed by atoms with Crippen LogP contribution in [0.3, 0.4) is 0 Å². The zero-order valence-electron chi connectivity index (χ0n) is 26.9. The van der Waals surface area contributed by atoms with E-state index < -0.39 is 28.0 Å². The Kier molecular flexibility index (Phi) is 28.5. The summed E-state index contributed by atoms with van der Waals surface area (Å²) in [4.78, 5) is 12.3. The molecule has 0 fully saturated rings. The van der Waals surface area contributed by atoms with E-state index in [9.17, 15) is 22.9 Å². The van der Waals surface area contributed by atoms with E-state index in [1.54, 1.807) is 6.08 Å². The molecule has 244 valence electrons. The molecule has 0 bridgehead atoms. The number of hydrogen-bond donors (Lipinski definition) is 3. The van der Waals surface area contributed by atoms with Crippen molar-refractivity contribution in [2.75, 3.05) is 5.75 Å². The number of carbonyl (C=O) groups is 1. The van der Waals surface area contributed by atoms with Crippen LogP contribution in [-0.2, 0) is 14.9 Å². The Labute approximate surface area is 254 Å². The fourth-order valence-electron chi connectivity index (χ4n) is 5.33. The van der Waals surface area contributed by atoms with Gasteiger partial charge in [0.2, 0.25) is 5.91 Å². The van der Waals surface area contributed by atoms with Crippen LogP contribution >= 0.6 is 0 Å². The van der Waals surface area contributed by atoms with Gasteiger partial charge in [0.25, 0.3) is 10.1 Å². The van der Waals surface area contributed by atoms with E-state index in [-0.39, 0.29) is 5.91 Å². The summed E-state index contributed by atoms with van der Waals surface area (Å²) in [6.45, 7) is 4.45. The largest absolute Gasteiger partial charge is 0.387 e. The van der Waals surface area contributed by atoms with Crippen LogP contribution in [0.15, 0.2) is 12.2 Å². The summed E-state index contributed by atoms with van der Waals surface area (Å²) in [6, 6.07) is -1.05. The van der Waals surface area contributed by atoms with E-state index in [4.69, 9.17) is 0 Å². The van der Waals surface area contributed by atoms with Crippen molar-refractivity contribution < 1.29 is 22.9 Å². The van der Waals surface area contributed by atoms with E-state index in [0.29, 0.717) is 6.42 Å². The second-order valence-corrected chi connectivity index (χ2v) is 13.7. The summed E-state index contributed by atoms with van der Waals surface area (Å²) in [5.74, 6) is -0.978. The minimum absolute atomic E-state index is 0.284. The quantitative estimate of drug-likeness (QED) is 0.0417. The normalized spacial score (nSPS) is 13.6. The highest BCUT2D eigenvalue weighted by Crippen LogP contribution is 2.15. The van der Waals surface area contributed by atoms with Gasteiger partial charge in [0.1, 0.15) is 0 Å². The van der Waals surface area contributed by atoms with Crippen LogP contribution in [0, 0.1) is 0 Å². The van der Waals surface area contributed by atoms with Crippen molar-refractivity contribution >= 4 is 16.0 Å². The average Bonchev–Trinajstić information content (AvgIpc) is 2.92. The summed E-state index contributed by atoms with van der Waals surface area (Å²) in [5, 5.41) is 13.1. The van der Waals surface area contributed by atoms with Crippen molar-refractivity contribution in [1.29, 1.82) is 0 Å². The van der Waals surface area contributed by atoms with E-state index in [0.717, 1.165) is 38.5 Å². The molecule has 0 aromatic carbocycles. The summed E-state index contributed by atoms with van der Waals surface area (Å²) in [7, 11) is -4.32. The van der Waals surface area contributed by atoms with E-state index in [2.05, 4.69) is 19.2 Å². The van der Waals surface area contributed by atoms with Crippen molar-refractivity contribution in [3.8, 4) is 0 Å². The number of amides is 1. The van der Waals surface area contributed by atoms with Crippen LogP contribution < -0.4 is 5.32 Å². The maximum Gasteiger partial charge on any atom is 0.267 e. The molecule has 0 saturated heterocycles. The maximum atomic E-state index is 12.3. The number of hydrogen-bond acceptors (Lipinski definition) is 4. The predicted molar refractivity (Wildman–Crippen MR) is 175 cm³/mol. The van der Waals surface area contributed by atoms with Crippen LogP contribution in [-0.4, -0.2) is 41.9 Å². The fraction of sp³-hybridized carbons (Fsp3) is 0.912. The molecule has 0 aliphatic carbocycles. The molecule has 6 nitrogen and oxygen atoms in total. The first-order valence-corrected chi connectivity index (χ1v) is 19.0. The smallest absolute Gasteiger partial charge is 0.267 e. The highest BCUT2D eigenvalue weighted by molar-refractivity contribution is 7.85. The Hall–Kier alpha value is -0.920. The van der Waals surface area contributed by atoms with Gasteiger partial charge in [-0.2, -0.15) is 8.42 Å². The molecule has 0 radical (unpaired) electrons. The van der Waals surface area contributed by atoms with Crippen molar-refractivity contribution in [3.05, 3.63) is 12.2 Å². The first-order valence-electron chi connectivity index (χ1n) is 17.4. The Morgan fingerprint density at radius 2 is 1.00 bits per heavy atom. The average molecular weight is 602 g/mol. The molecule has 0 aliphatic rings. The van der Waals surface area contributed by atoms with Gasteiger partial charge < -0.3 is 10.4 Å². The highest BCUT2D eigenvalue weighted by atomic mass is 32.2. The molecule has 0 rings (SSSR count). The monoisotopic (exact) mass is 601 g/mol. The van der Waals surface area contributed by atoms with Gasteiger partial charge >= 0.3 is 0 Å². The minimum atomic E-state index is -4.32. The molecule has 1 amide bonds. The number of unbranched alkanes of at least 4 members (excludes halogenated alkanes) is 23. The summed E-state index contributed by atoms with van der Waals surface area (Å²) in [6.07, 6.45) is 33.6. The van der Waals surface area contributed by atoms with Crippen LogP contribution in [0.2, 0.25) is 0 Å². The minimum Gasteiger partial charge on any atom is -0.387 e. The van der Waals surface area contributed by atoms with Gasteiger partial charge in [0.15, 0.2) is 0 Å². The zero-order valence-corrected chi connectivity index (χ0v) is 27.7. The molecular formula is C34H67NO5S. The standard InChI is InChI=1S/C34H67NO5S/c1-3-5-7-9-11-12-13-14-15-16-17-18-19-20-21-22-24-25-27-29-33(36)32(31-41(38,39)40)35-34(37)30-28-26-23-10-8-6-4-2/h27,29,32-33,36H,3-26,28,30-31H2,1-2H3,(H,35,37)(H,38,39,40)/b29-27+. The van der Waals surface area contributed by atoms with Crippen molar-refractivity contribution in [1.82, 2.24) is 5.32 Å². The number of aliphatic hydroxyl groups is 1. The Bertz CT molecular complexity index is 710. The van der Waals surface area contributed by atoms with Gasteiger partial charge in [-0.1, -0.05) is 167 Å². The van der Waals surface area contributed by atoms with Gasteiger partial charge in [0.05, 0.1) is 17.9 Å². The van der Waals surface area contributed by atoms with Gasteiger partial charge in [-0.05, 0) is 19.3 Å². The van der Waals surface area contributed by atoms with Gasteiger partial charge in [-0.3, -0.25) is 9.35 Å². The van der Waals surface area contributed by atoms with Gasteiger partial charge in [0, 0.05) is 6.42 Å². The molecule has 0 aliphatic heterocycles. The van der Waals surface area contributed by atoms with E-state index in [1.807, 2.05) is 6.08 Å². The van der Waals surface area contributed by atoms with Crippen LogP contribution in [0.1, 0.15) is 181 Å². The SMILES string of the molecule is CCCCCCCCCCCCCCCCCCC/C=C/C(O)C(CS(=O)(=O)O)NC(=O)CCCCCCCCC. The second kappa shape index (κ2) is 29.2. The molecule has 2 unspecified atom stereocenters. The van der Waals surface area contributed by atoms with Crippen LogP contribution in [0.5, 0.6) is 0 Å². The van der Waals surface area contributed by atoms with Gasteiger partial charge in [-0.25, -0.2) is 0 Å². The maximum absolute atomic E-state index is 12.3. The van der Waals surface area contributed by atoms with E-state index >= 15 is 0 Å². The summed E-state index contributed by atoms with van der Waals surface area (Å²) in [5.41, 5.74) is 0. The number of rotatable bonds is 31. The van der Waals surface area contributed by atoms with Crippen molar-refractivity contribution in [3.63, 3.8) is 0 Å². The molecule has 3 N–H and O–H groups in total. The molecule has 0 aromatic heterocycles. The van der Waals surface area contributed by atoms with Crippen LogP contribution in [0.4, 0.5) is 0 Å². The summed E-state index contributed by atoms with van der Waals surface area (Å²) >= 11 is 0. The molecule has 0 heterocycles. The van der Waals surface area contributed by atoms with Crippen LogP contribution in [0.25, 0.3) is 0 Å². The Balaban J connectivity index is 3.88. The fourth-order valence-corrected chi connectivity index (χ4v) is 6.07. The first kappa shape index (κ1) is 40.1. The Morgan fingerprint density at radius 1 is 0.634 bits per heavy atom. The lowest BCUT2D eigenvalue weighted by Crippen LogP contribution is -2.46. The molecule has 41 heavy (non-hydrogen) atoms. The van der Waals surface area contributed by atoms with Crippen molar-refractivity contribution in [2.45, 2.75) is 193 Å². The zero-order chi connectivity index (χ0) is 30.4. The predicted octanol–water partition coefficient (Wildman–Crippen LogP) is 9.46. The first-order chi connectivity index (χ1) is 19.8. The molecule has 0 spiro atoms. The number of allylic oxidation sites excluding steroid dienone is 1. The second-order valence-electron chi connectivity index (χ2n) is 12.2. The molecule has 7 heteroatoms. The van der Waals surface area contributed by atoms with E-state index in [1.165, 1.54) is 122 Å². The number of nitrogens with one attached hydrogen (secondary N) is 1. The lowest BCUT2D eigenvalue weighted by atomic mass is 10.0. The third kappa shape index (κ3) is 30.3. The Morgan fingerprint density at radius 3 is 1.39 bits per heavy atom. The lowest BCUT2D eigenvalue weighted by Gasteiger charge is -2.21. The molecule has 0 aromatic rings. The molecule has 0 saturated carbocycles. The third-order valence-electron chi connectivity index (χ3n) is 7.96. The number of aliphatic hydroxyl groups excluding tert-OH is 1. The van der Waals surface area contributed by atoms with Crippen molar-refractivity contribution in [2.24, 2.45) is 0 Å². The van der Waals surface area contributed by atoms with Gasteiger partial charge in [-0.15, -0.1) is 0 Å².